The van der Waals surface area contributed by atoms with Gasteiger partial charge in [-0.3, -0.25) is 0 Å². The van der Waals surface area contributed by atoms with E-state index in [-0.39, 0.29) is 16.8 Å². The molecule has 0 radical (unpaired) electrons. The number of nitrogens with zero attached hydrogens (tertiary/aromatic N) is 1. The van der Waals surface area contributed by atoms with E-state index < -0.39 is 16.1 Å². The summed E-state index contributed by atoms with van der Waals surface area (Å²) < 4.78 is 31.9. The van der Waals surface area contributed by atoms with Gasteiger partial charge in [0, 0.05) is 13.1 Å². The predicted octanol–water partition coefficient (Wildman–Crippen LogP) is 0.636. The van der Waals surface area contributed by atoms with Crippen LogP contribution in [0.1, 0.15) is 32.1 Å². The molecule has 0 amide bonds. The third-order valence-electron chi connectivity index (χ3n) is 3.68. The van der Waals surface area contributed by atoms with E-state index in [4.69, 9.17) is 22.7 Å². The summed E-state index contributed by atoms with van der Waals surface area (Å²) in [5.74, 6) is 0. The molecule has 1 unspecified atom stereocenters. The van der Waals surface area contributed by atoms with Crippen molar-refractivity contribution in [2.24, 2.45) is 5.73 Å². The van der Waals surface area contributed by atoms with E-state index in [0.29, 0.717) is 13.2 Å². The third-order valence-corrected chi connectivity index (χ3v) is 6.31. The van der Waals surface area contributed by atoms with Gasteiger partial charge in [-0.1, -0.05) is 31.5 Å². The summed E-state index contributed by atoms with van der Waals surface area (Å²) in [6, 6.07) is 0. The molecule has 104 valence electrons. The molecule has 18 heavy (non-hydrogen) atoms. The summed E-state index contributed by atoms with van der Waals surface area (Å²) in [6.07, 6.45) is 4.27. The van der Waals surface area contributed by atoms with E-state index in [1.165, 1.54) is 4.31 Å². The Labute approximate surface area is 114 Å². The average Bonchev–Trinajstić information content (AvgIpc) is 2.40. The van der Waals surface area contributed by atoms with Gasteiger partial charge in [0.25, 0.3) is 0 Å². The zero-order valence-electron chi connectivity index (χ0n) is 10.4. The Morgan fingerprint density at radius 1 is 1.28 bits per heavy atom. The van der Waals surface area contributed by atoms with Crippen LogP contribution in [0.25, 0.3) is 0 Å². The molecule has 1 aliphatic carbocycles. The molecule has 5 nitrogen and oxygen atoms in total. The Hall–Kier alpha value is -0.240. The number of hydrogen-bond donors (Lipinski definition) is 1. The Morgan fingerprint density at radius 3 is 2.56 bits per heavy atom. The lowest BCUT2D eigenvalue weighted by atomic mass is 10.0. The van der Waals surface area contributed by atoms with Crippen LogP contribution in [0.3, 0.4) is 0 Å². The van der Waals surface area contributed by atoms with Crippen molar-refractivity contribution >= 4 is 27.2 Å². The Balaban J connectivity index is 2.06. The van der Waals surface area contributed by atoms with Gasteiger partial charge < -0.3 is 10.5 Å². The molecular formula is C11H20N2O3S2. The van der Waals surface area contributed by atoms with Gasteiger partial charge in [0.15, 0.2) is 0 Å². The molecule has 0 aromatic heterocycles. The minimum atomic E-state index is -3.21. The number of thiocarbonyl (C=S) groups is 1. The number of rotatable bonds is 3. The standard InChI is InChI=1S/C11H20N2O3S2/c12-11(17)10-8-13(6-7-16-10)18(14,15)9-4-2-1-3-5-9/h9-10H,1-8H2,(H2,12,17). The van der Waals surface area contributed by atoms with Gasteiger partial charge in [-0.05, 0) is 12.8 Å². The highest BCUT2D eigenvalue weighted by Gasteiger charge is 2.36. The zero-order chi connectivity index (χ0) is 13.2. The van der Waals surface area contributed by atoms with Gasteiger partial charge in [0.05, 0.1) is 11.9 Å². The van der Waals surface area contributed by atoms with Crippen LogP contribution in [0.15, 0.2) is 0 Å². The van der Waals surface area contributed by atoms with Crippen molar-refractivity contribution in [1.82, 2.24) is 4.31 Å². The molecule has 2 fully saturated rings. The minimum absolute atomic E-state index is 0.226. The highest BCUT2D eigenvalue weighted by Crippen LogP contribution is 2.27. The number of morpholine rings is 1. The molecule has 7 heteroatoms. The molecule has 0 aromatic rings. The third kappa shape index (κ3) is 3.01. The van der Waals surface area contributed by atoms with Crippen molar-refractivity contribution in [2.75, 3.05) is 19.7 Å². The summed E-state index contributed by atoms with van der Waals surface area (Å²) in [7, 11) is -3.21. The molecule has 0 aromatic carbocycles. The monoisotopic (exact) mass is 292 g/mol. The summed E-state index contributed by atoms with van der Waals surface area (Å²) in [5, 5.41) is -0.226. The Bertz CT molecular complexity index is 405. The molecule has 1 atom stereocenters. The largest absolute Gasteiger partial charge is 0.391 e. The normalized spacial score (nSPS) is 28.1. The molecule has 1 saturated carbocycles. The maximum atomic E-state index is 12.5. The van der Waals surface area contributed by atoms with Gasteiger partial charge in [0.2, 0.25) is 10.0 Å². The van der Waals surface area contributed by atoms with E-state index in [1.54, 1.807) is 0 Å². The molecule has 2 rings (SSSR count). The van der Waals surface area contributed by atoms with Crippen molar-refractivity contribution in [3.8, 4) is 0 Å². The highest BCUT2D eigenvalue weighted by atomic mass is 32.2. The predicted molar refractivity (Wildman–Crippen MR) is 73.9 cm³/mol. The molecule has 1 aliphatic heterocycles. The minimum Gasteiger partial charge on any atom is -0.391 e. The second-order valence-corrected chi connectivity index (χ2v) is 7.61. The van der Waals surface area contributed by atoms with Crippen molar-refractivity contribution in [2.45, 2.75) is 43.5 Å². The van der Waals surface area contributed by atoms with Crippen LogP contribution in [0.5, 0.6) is 0 Å². The highest BCUT2D eigenvalue weighted by molar-refractivity contribution is 7.89. The van der Waals surface area contributed by atoms with Crippen molar-refractivity contribution in [1.29, 1.82) is 0 Å². The maximum absolute atomic E-state index is 12.5. The van der Waals surface area contributed by atoms with Crippen LogP contribution in [-0.4, -0.2) is 48.8 Å². The second kappa shape index (κ2) is 5.81. The van der Waals surface area contributed by atoms with Crippen molar-refractivity contribution in [3.63, 3.8) is 0 Å². The van der Waals surface area contributed by atoms with E-state index in [1.807, 2.05) is 0 Å². The lowest BCUT2D eigenvalue weighted by molar-refractivity contribution is 0.0381. The van der Waals surface area contributed by atoms with Gasteiger partial charge in [0.1, 0.15) is 11.1 Å². The first-order chi connectivity index (χ1) is 8.51. The van der Waals surface area contributed by atoms with Gasteiger partial charge >= 0.3 is 0 Å². The van der Waals surface area contributed by atoms with Crippen LogP contribution in [0.2, 0.25) is 0 Å². The first-order valence-corrected chi connectivity index (χ1v) is 8.33. The van der Waals surface area contributed by atoms with Gasteiger partial charge in [-0.2, -0.15) is 4.31 Å². The fraction of sp³-hybridized carbons (Fsp3) is 0.909. The van der Waals surface area contributed by atoms with Crippen LogP contribution in [0, 0.1) is 0 Å². The Morgan fingerprint density at radius 2 is 1.94 bits per heavy atom. The summed E-state index contributed by atoms with van der Waals surface area (Å²) >= 11 is 4.88. The number of ether oxygens (including phenoxy) is 1. The fourth-order valence-electron chi connectivity index (χ4n) is 2.60. The van der Waals surface area contributed by atoms with E-state index in [0.717, 1.165) is 32.1 Å². The van der Waals surface area contributed by atoms with Crippen molar-refractivity contribution < 1.29 is 13.2 Å². The summed E-state index contributed by atoms with van der Waals surface area (Å²) in [6.45, 7) is 1.06. The molecule has 2 aliphatic rings. The van der Waals surface area contributed by atoms with Gasteiger partial charge in [-0.25, -0.2) is 8.42 Å². The number of nitrogens with two attached hydrogens (primary N) is 1. The SMILES string of the molecule is NC(=S)C1CN(S(=O)(=O)C2CCCCC2)CCO1. The number of hydrogen-bond acceptors (Lipinski definition) is 4. The summed E-state index contributed by atoms with van der Waals surface area (Å²) in [5.41, 5.74) is 5.54. The smallest absolute Gasteiger partial charge is 0.217 e. The van der Waals surface area contributed by atoms with Crippen LogP contribution < -0.4 is 5.73 Å². The number of sulfonamides is 1. The van der Waals surface area contributed by atoms with Crippen LogP contribution in [0.4, 0.5) is 0 Å². The Kier molecular flexibility index (Phi) is 4.58. The molecule has 0 bridgehead atoms. The second-order valence-electron chi connectivity index (χ2n) is 4.92. The molecular weight excluding hydrogens is 272 g/mol. The van der Waals surface area contributed by atoms with Crippen LogP contribution >= 0.6 is 12.2 Å². The van der Waals surface area contributed by atoms with E-state index >= 15 is 0 Å². The first-order valence-electron chi connectivity index (χ1n) is 6.41. The molecule has 1 heterocycles. The molecule has 1 saturated heterocycles. The van der Waals surface area contributed by atoms with Gasteiger partial charge in [-0.15, -0.1) is 0 Å². The average molecular weight is 292 g/mol. The molecule has 0 spiro atoms. The quantitative estimate of drug-likeness (QED) is 0.773. The lowest BCUT2D eigenvalue weighted by Gasteiger charge is -2.35. The fourth-order valence-corrected chi connectivity index (χ4v) is 4.77. The summed E-state index contributed by atoms with van der Waals surface area (Å²) in [4.78, 5) is 0.235. The van der Waals surface area contributed by atoms with E-state index in [9.17, 15) is 8.42 Å². The van der Waals surface area contributed by atoms with Crippen LogP contribution in [-0.2, 0) is 14.8 Å². The lowest BCUT2D eigenvalue weighted by Crippen LogP contribution is -2.52. The molecule has 2 N–H and O–H groups in total. The zero-order valence-corrected chi connectivity index (χ0v) is 12.0. The maximum Gasteiger partial charge on any atom is 0.217 e. The van der Waals surface area contributed by atoms with E-state index in [2.05, 4.69) is 0 Å². The van der Waals surface area contributed by atoms with Crippen molar-refractivity contribution in [3.05, 3.63) is 0 Å². The topological polar surface area (TPSA) is 72.6 Å². The first kappa shape index (κ1) is 14.2.